The lowest BCUT2D eigenvalue weighted by Crippen LogP contribution is -2.32. The first-order chi connectivity index (χ1) is 6.66. The molecule has 0 aromatic heterocycles. The summed E-state index contributed by atoms with van der Waals surface area (Å²) < 4.78 is 0. The van der Waals surface area contributed by atoms with Gasteiger partial charge in [-0.25, -0.2) is 0 Å². The van der Waals surface area contributed by atoms with Crippen molar-refractivity contribution in [2.75, 3.05) is 24.6 Å². The van der Waals surface area contributed by atoms with Gasteiger partial charge in [0.15, 0.2) is 0 Å². The van der Waals surface area contributed by atoms with Gasteiger partial charge in [-0.3, -0.25) is 4.79 Å². The summed E-state index contributed by atoms with van der Waals surface area (Å²) in [6.45, 7) is 7.88. The Morgan fingerprint density at radius 3 is 2.64 bits per heavy atom. The molecule has 0 saturated carbocycles. The van der Waals surface area contributed by atoms with Gasteiger partial charge in [-0.15, -0.1) is 0 Å². The number of carbonyl (C=O) groups is 1. The largest absolute Gasteiger partial charge is 0.354 e. The zero-order chi connectivity index (χ0) is 10.8. The Labute approximate surface area is 91.4 Å². The molecule has 0 atom stereocenters. The smallest absolute Gasteiger partial charge is 0.221 e. The number of rotatable bonds is 8. The standard InChI is InChI=1S/C10H22N2OS/c1-4-14-8-7-11-6-5-10(13)12-9(2)3/h9,11H,4-8H2,1-3H3,(H,12,13). The van der Waals surface area contributed by atoms with Gasteiger partial charge in [0.1, 0.15) is 0 Å². The molecular weight excluding hydrogens is 196 g/mol. The number of nitrogens with one attached hydrogen (secondary N) is 2. The van der Waals surface area contributed by atoms with Gasteiger partial charge in [0.25, 0.3) is 0 Å². The number of carbonyl (C=O) groups excluding carboxylic acids is 1. The zero-order valence-electron chi connectivity index (χ0n) is 9.43. The fraction of sp³-hybridized carbons (Fsp3) is 0.900. The van der Waals surface area contributed by atoms with Crippen LogP contribution in [-0.4, -0.2) is 36.5 Å². The first-order valence-corrected chi connectivity index (χ1v) is 6.40. The molecule has 0 saturated heterocycles. The topological polar surface area (TPSA) is 41.1 Å². The van der Waals surface area contributed by atoms with Crippen LogP contribution in [0.2, 0.25) is 0 Å². The van der Waals surface area contributed by atoms with Crippen LogP contribution in [0.1, 0.15) is 27.2 Å². The maximum atomic E-state index is 11.2. The molecule has 1 amide bonds. The molecule has 2 N–H and O–H groups in total. The molecule has 4 heteroatoms. The van der Waals surface area contributed by atoms with Crippen molar-refractivity contribution in [3.05, 3.63) is 0 Å². The summed E-state index contributed by atoms with van der Waals surface area (Å²) in [7, 11) is 0. The van der Waals surface area contributed by atoms with Crippen LogP contribution in [0.25, 0.3) is 0 Å². The van der Waals surface area contributed by atoms with E-state index in [-0.39, 0.29) is 11.9 Å². The van der Waals surface area contributed by atoms with Crippen molar-refractivity contribution >= 4 is 17.7 Å². The highest BCUT2D eigenvalue weighted by molar-refractivity contribution is 7.99. The minimum Gasteiger partial charge on any atom is -0.354 e. The number of thioether (sulfide) groups is 1. The second-order valence-corrected chi connectivity index (χ2v) is 4.81. The van der Waals surface area contributed by atoms with Crippen LogP contribution < -0.4 is 10.6 Å². The van der Waals surface area contributed by atoms with Crippen molar-refractivity contribution in [2.24, 2.45) is 0 Å². The van der Waals surface area contributed by atoms with Gasteiger partial charge in [-0.1, -0.05) is 6.92 Å². The highest BCUT2D eigenvalue weighted by Crippen LogP contribution is 1.94. The maximum Gasteiger partial charge on any atom is 0.221 e. The van der Waals surface area contributed by atoms with Crippen molar-refractivity contribution < 1.29 is 4.79 Å². The van der Waals surface area contributed by atoms with E-state index in [0.717, 1.165) is 24.6 Å². The Bertz CT molecular complexity index is 151. The molecule has 3 nitrogen and oxygen atoms in total. The molecule has 0 heterocycles. The monoisotopic (exact) mass is 218 g/mol. The Kier molecular flexibility index (Phi) is 9.19. The highest BCUT2D eigenvalue weighted by Gasteiger charge is 2.01. The predicted octanol–water partition coefficient (Wildman–Crippen LogP) is 1.24. The molecule has 0 radical (unpaired) electrons. The molecule has 0 fully saturated rings. The summed E-state index contributed by atoms with van der Waals surface area (Å²) in [6, 6.07) is 0.248. The van der Waals surface area contributed by atoms with Crippen molar-refractivity contribution in [1.29, 1.82) is 0 Å². The van der Waals surface area contributed by atoms with E-state index < -0.39 is 0 Å². The van der Waals surface area contributed by atoms with Gasteiger partial charge in [0.05, 0.1) is 0 Å². The summed E-state index contributed by atoms with van der Waals surface area (Å²) in [6.07, 6.45) is 0.578. The van der Waals surface area contributed by atoms with Gasteiger partial charge in [-0.2, -0.15) is 11.8 Å². The van der Waals surface area contributed by atoms with Gasteiger partial charge >= 0.3 is 0 Å². The third-order valence-corrected chi connectivity index (χ3v) is 2.51. The molecular formula is C10H22N2OS. The van der Waals surface area contributed by atoms with Gasteiger partial charge in [0.2, 0.25) is 5.91 Å². The van der Waals surface area contributed by atoms with Crippen molar-refractivity contribution in [1.82, 2.24) is 10.6 Å². The third-order valence-electron chi connectivity index (χ3n) is 1.61. The van der Waals surface area contributed by atoms with E-state index in [1.165, 1.54) is 0 Å². The molecule has 14 heavy (non-hydrogen) atoms. The number of hydrogen-bond acceptors (Lipinski definition) is 3. The predicted molar refractivity (Wildman–Crippen MR) is 63.8 cm³/mol. The normalized spacial score (nSPS) is 10.6. The van der Waals surface area contributed by atoms with Gasteiger partial charge < -0.3 is 10.6 Å². The zero-order valence-corrected chi connectivity index (χ0v) is 10.2. The van der Waals surface area contributed by atoms with E-state index in [2.05, 4.69) is 17.6 Å². The minimum atomic E-state index is 0.135. The van der Waals surface area contributed by atoms with Crippen LogP contribution in [0, 0.1) is 0 Å². The van der Waals surface area contributed by atoms with E-state index in [9.17, 15) is 4.79 Å². The first-order valence-electron chi connectivity index (χ1n) is 5.24. The van der Waals surface area contributed by atoms with E-state index in [1.807, 2.05) is 25.6 Å². The lowest BCUT2D eigenvalue weighted by Gasteiger charge is -2.08. The average Bonchev–Trinajstić information content (AvgIpc) is 2.10. The van der Waals surface area contributed by atoms with Gasteiger partial charge in [0, 0.05) is 31.3 Å². The maximum absolute atomic E-state index is 11.2. The summed E-state index contributed by atoms with van der Waals surface area (Å²) in [4.78, 5) is 11.2. The second-order valence-electron chi connectivity index (χ2n) is 3.42. The van der Waals surface area contributed by atoms with Crippen LogP contribution in [0.15, 0.2) is 0 Å². The van der Waals surface area contributed by atoms with Crippen molar-refractivity contribution in [3.8, 4) is 0 Å². The van der Waals surface area contributed by atoms with Gasteiger partial charge in [-0.05, 0) is 19.6 Å². The van der Waals surface area contributed by atoms with Crippen LogP contribution >= 0.6 is 11.8 Å². The minimum absolute atomic E-state index is 0.135. The lowest BCUT2D eigenvalue weighted by atomic mass is 10.3. The third kappa shape index (κ3) is 9.86. The van der Waals surface area contributed by atoms with E-state index in [4.69, 9.17) is 0 Å². The SMILES string of the molecule is CCSCCNCCC(=O)NC(C)C. The van der Waals surface area contributed by atoms with Crippen LogP contribution in [0.5, 0.6) is 0 Å². The summed E-state index contributed by atoms with van der Waals surface area (Å²) in [5.74, 6) is 2.42. The molecule has 0 rings (SSSR count). The summed E-state index contributed by atoms with van der Waals surface area (Å²) in [5.41, 5.74) is 0. The van der Waals surface area contributed by atoms with Crippen LogP contribution in [0.3, 0.4) is 0 Å². The van der Waals surface area contributed by atoms with Crippen molar-refractivity contribution in [3.63, 3.8) is 0 Å². The second kappa shape index (κ2) is 9.34. The van der Waals surface area contributed by atoms with E-state index >= 15 is 0 Å². The van der Waals surface area contributed by atoms with Crippen LogP contribution in [0.4, 0.5) is 0 Å². The Hall–Kier alpha value is -0.220. The molecule has 84 valence electrons. The Balaban J connectivity index is 3.15. The fourth-order valence-corrected chi connectivity index (χ4v) is 1.59. The molecule has 0 bridgehead atoms. The number of hydrogen-bond donors (Lipinski definition) is 2. The Morgan fingerprint density at radius 1 is 1.36 bits per heavy atom. The Morgan fingerprint density at radius 2 is 2.07 bits per heavy atom. The summed E-state index contributed by atoms with van der Waals surface area (Å²) in [5, 5.41) is 6.10. The summed E-state index contributed by atoms with van der Waals surface area (Å²) >= 11 is 1.91. The molecule has 0 spiro atoms. The molecule has 0 aliphatic rings. The molecule has 0 aliphatic carbocycles. The number of amides is 1. The molecule has 0 aromatic carbocycles. The van der Waals surface area contributed by atoms with Crippen molar-refractivity contribution in [2.45, 2.75) is 33.2 Å². The molecule has 0 aromatic rings. The van der Waals surface area contributed by atoms with E-state index in [1.54, 1.807) is 0 Å². The first kappa shape index (κ1) is 13.8. The van der Waals surface area contributed by atoms with Crippen LogP contribution in [-0.2, 0) is 4.79 Å². The molecule has 0 aliphatic heterocycles. The quantitative estimate of drug-likeness (QED) is 0.602. The fourth-order valence-electron chi connectivity index (χ4n) is 1.01. The lowest BCUT2D eigenvalue weighted by molar-refractivity contribution is -0.121. The van der Waals surface area contributed by atoms with E-state index in [0.29, 0.717) is 6.42 Å². The molecule has 0 unspecified atom stereocenters. The average molecular weight is 218 g/mol. The highest BCUT2D eigenvalue weighted by atomic mass is 32.2.